The quantitative estimate of drug-likeness (QED) is 0.809. The molecule has 0 saturated heterocycles. The second kappa shape index (κ2) is 5.65. The Morgan fingerprint density at radius 3 is 2.53 bits per heavy atom. The van der Waals surface area contributed by atoms with Gasteiger partial charge in [0, 0.05) is 17.4 Å². The Balaban J connectivity index is 2.24. The van der Waals surface area contributed by atoms with Crippen LogP contribution in [-0.4, -0.2) is 6.10 Å². The molecule has 0 aliphatic carbocycles. The summed E-state index contributed by atoms with van der Waals surface area (Å²) in [5.41, 5.74) is 9.82. The van der Waals surface area contributed by atoms with Crippen LogP contribution in [-0.2, 0) is 0 Å². The molecule has 0 spiro atoms. The first-order valence-corrected chi connectivity index (χ1v) is 6.45. The highest BCUT2D eigenvalue weighted by molar-refractivity contribution is 5.68. The maximum absolute atomic E-state index is 5.91. The predicted molar refractivity (Wildman–Crippen MR) is 81.1 cm³/mol. The van der Waals surface area contributed by atoms with Gasteiger partial charge in [-0.3, -0.25) is 0 Å². The summed E-state index contributed by atoms with van der Waals surface area (Å²) in [5, 5.41) is 3.38. The molecule has 2 rings (SSSR count). The number of ether oxygens (including phenoxy) is 1. The van der Waals surface area contributed by atoms with Gasteiger partial charge < -0.3 is 15.8 Å². The van der Waals surface area contributed by atoms with Crippen molar-refractivity contribution in [3.63, 3.8) is 0 Å². The summed E-state index contributed by atoms with van der Waals surface area (Å²) in [6.07, 6.45) is 0.107. The number of nitrogens with one attached hydrogen (secondary N) is 1. The van der Waals surface area contributed by atoms with Crippen LogP contribution in [0.3, 0.4) is 0 Å². The zero-order valence-electron chi connectivity index (χ0n) is 11.6. The van der Waals surface area contributed by atoms with Crippen molar-refractivity contribution in [2.75, 3.05) is 11.1 Å². The number of nitrogens with two attached hydrogens (primary N) is 1. The SMILES string of the molecule is Cc1ccccc1Nc1ccc(N)c(OC(C)C)c1. The van der Waals surface area contributed by atoms with E-state index in [1.54, 1.807) is 0 Å². The number of hydrogen-bond donors (Lipinski definition) is 2. The summed E-state index contributed by atoms with van der Waals surface area (Å²) in [4.78, 5) is 0. The third-order valence-electron chi connectivity index (χ3n) is 2.80. The molecule has 3 N–H and O–H groups in total. The topological polar surface area (TPSA) is 47.3 Å². The minimum absolute atomic E-state index is 0.107. The Labute approximate surface area is 114 Å². The number of anilines is 3. The van der Waals surface area contributed by atoms with Crippen LogP contribution in [0.2, 0.25) is 0 Å². The normalized spacial score (nSPS) is 10.5. The number of aryl methyl sites for hydroxylation is 1. The molecule has 19 heavy (non-hydrogen) atoms. The van der Waals surface area contributed by atoms with Gasteiger partial charge in [0.2, 0.25) is 0 Å². The van der Waals surface area contributed by atoms with Gasteiger partial charge in [-0.2, -0.15) is 0 Å². The molecule has 0 aromatic heterocycles. The maximum Gasteiger partial charge on any atom is 0.144 e. The molecular formula is C16H20N2O. The lowest BCUT2D eigenvalue weighted by Gasteiger charge is -2.15. The smallest absolute Gasteiger partial charge is 0.144 e. The lowest BCUT2D eigenvalue weighted by molar-refractivity contribution is 0.244. The highest BCUT2D eigenvalue weighted by Crippen LogP contribution is 2.29. The largest absolute Gasteiger partial charge is 0.489 e. The Bertz CT molecular complexity index is 564. The second-order valence-electron chi connectivity index (χ2n) is 4.86. The number of benzene rings is 2. The van der Waals surface area contributed by atoms with Crippen LogP contribution >= 0.6 is 0 Å². The number of hydrogen-bond acceptors (Lipinski definition) is 3. The first-order valence-electron chi connectivity index (χ1n) is 6.45. The van der Waals surface area contributed by atoms with Crippen molar-refractivity contribution in [3.8, 4) is 5.75 Å². The van der Waals surface area contributed by atoms with E-state index in [0.717, 1.165) is 11.4 Å². The standard InChI is InChI=1S/C16H20N2O/c1-11(2)19-16-10-13(8-9-14(16)17)18-15-7-5-4-6-12(15)3/h4-11,18H,17H2,1-3H3. The van der Waals surface area contributed by atoms with Crippen molar-refractivity contribution in [2.24, 2.45) is 0 Å². The van der Waals surface area contributed by atoms with Gasteiger partial charge >= 0.3 is 0 Å². The molecule has 3 nitrogen and oxygen atoms in total. The van der Waals surface area contributed by atoms with Crippen LogP contribution in [0.4, 0.5) is 17.1 Å². The minimum atomic E-state index is 0.107. The van der Waals surface area contributed by atoms with E-state index in [2.05, 4.69) is 24.4 Å². The highest BCUT2D eigenvalue weighted by Gasteiger charge is 2.05. The monoisotopic (exact) mass is 256 g/mol. The molecule has 0 fully saturated rings. The van der Waals surface area contributed by atoms with Crippen LogP contribution in [0.1, 0.15) is 19.4 Å². The molecule has 0 bridgehead atoms. The van der Waals surface area contributed by atoms with E-state index in [9.17, 15) is 0 Å². The van der Waals surface area contributed by atoms with Gasteiger partial charge in [-0.15, -0.1) is 0 Å². The summed E-state index contributed by atoms with van der Waals surface area (Å²) in [6.45, 7) is 6.05. The first-order chi connectivity index (χ1) is 9.06. The lowest BCUT2D eigenvalue weighted by Crippen LogP contribution is -2.07. The van der Waals surface area contributed by atoms with Gasteiger partial charge in [-0.1, -0.05) is 18.2 Å². The van der Waals surface area contributed by atoms with Gasteiger partial charge in [0.25, 0.3) is 0 Å². The van der Waals surface area contributed by atoms with Crippen LogP contribution in [0.15, 0.2) is 42.5 Å². The third kappa shape index (κ3) is 3.41. The Hall–Kier alpha value is -2.16. The zero-order valence-corrected chi connectivity index (χ0v) is 11.6. The Morgan fingerprint density at radius 1 is 1.11 bits per heavy atom. The summed E-state index contributed by atoms with van der Waals surface area (Å²) >= 11 is 0. The van der Waals surface area contributed by atoms with Crippen LogP contribution in [0.5, 0.6) is 5.75 Å². The number of nitrogen functional groups attached to an aromatic ring is 1. The fraction of sp³-hybridized carbons (Fsp3) is 0.250. The van der Waals surface area contributed by atoms with E-state index in [4.69, 9.17) is 10.5 Å². The molecule has 0 radical (unpaired) electrons. The van der Waals surface area contributed by atoms with Crippen LogP contribution in [0, 0.1) is 6.92 Å². The molecule has 0 unspecified atom stereocenters. The predicted octanol–water partition coefficient (Wildman–Crippen LogP) is 4.11. The molecule has 3 heteroatoms. The van der Waals surface area contributed by atoms with Gasteiger partial charge in [0.05, 0.1) is 11.8 Å². The Morgan fingerprint density at radius 2 is 1.84 bits per heavy atom. The number of para-hydroxylation sites is 1. The average molecular weight is 256 g/mol. The van der Waals surface area contributed by atoms with Crippen molar-refractivity contribution in [1.29, 1.82) is 0 Å². The van der Waals surface area contributed by atoms with Crippen LogP contribution < -0.4 is 15.8 Å². The minimum Gasteiger partial charge on any atom is -0.489 e. The van der Waals surface area contributed by atoms with Gasteiger partial charge in [0.15, 0.2) is 0 Å². The fourth-order valence-electron chi connectivity index (χ4n) is 1.84. The number of rotatable bonds is 4. The van der Waals surface area contributed by atoms with E-state index in [1.807, 2.05) is 44.2 Å². The summed E-state index contributed by atoms with van der Waals surface area (Å²) in [5.74, 6) is 0.716. The first kappa shape index (κ1) is 13.3. The fourth-order valence-corrected chi connectivity index (χ4v) is 1.84. The van der Waals surface area contributed by atoms with Crippen molar-refractivity contribution >= 4 is 17.1 Å². The molecular weight excluding hydrogens is 236 g/mol. The zero-order chi connectivity index (χ0) is 13.8. The van der Waals surface area contributed by atoms with Crippen molar-refractivity contribution in [1.82, 2.24) is 0 Å². The average Bonchev–Trinajstić information content (AvgIpc) is 2.35. The van der Waals surface area contributed by atoms with E-state index < -0.39 is 0 Å². The third-order valence-corrected chi connectivity index (χ3v) is 2.80. The van der Waals surface area contributed by atoms with Crippen LogP contribution in [0.25, 0.3) is 0 Å². The molecule has 2 aromatic rings. The molecule has 0 aliphatic heterocycles. The van der Waals surface area contributed by atoms with Gasteiger partial charge in [-0.25, -0.2) is 0 Å². The van der Waals surface area contributed by atoms with Crippen molar-refractivity contribution in [2.45, 2.75) is 26.9 Å². The van der Waals surface area contributed by atoms with Crippen molar-refractivity contribution < 1.29 is 4.74 Å². The van der Waals surface area contributed by atoms with E-state index >= 15 is 0 Å². The molecule has 0 saturated carbocycles. The summed E-state index contributed by atoms with van der Waals surface area (Å²) < 4.78 is 5.69. The Kier molecular flexibility index (Phi) is 3.95. The molecule has 0 aliphatic rings. The molecule has 0 atom stereocenters. The summed E-state index contributed by atoms with van der Waals surface area (Å²) in [7, 11) is 0. The second-order valence-corrected chi connectivity index (χ2v) is 4.86. The molecule has 0 heterocycles. The van der Waals surface area contributed by atoms with E-state index in [0.29, 0.717) is 11.4 Å². The molecule has 2 aromatic carbocycles. The van der Waals surface area contributed by atoms with E-state index in [1.165, 1.54) is 5.56 Å². The molecule has 100 valence electrons. The van der Waals surface area contributed by atoms with Gasteiger partial charge in [-0.05, 0) is 44.5 Å². The van der Waals surface area contributed by atoms with E-state index in [-0.39, 0.29) is 6.10 Å². The summed E-state index contributed by atoms with van der Waals surface area (Å²) in [6, 6.07) is 13.9. The molecule has 0 amide bonds. The highest BCUT2D eigenvalue weighted by atomic mass is 16.5. The lowest BCUT2D eigenvalue weighted by atomic mass is 10.2. The van der Waals surface area contributed by atoms with Crippen molar-refractivity contribution in [3.05, 3.63) is 48.0 Å². The maximum atomic E-state index is 5.91. The van der Waals surface area contributed by atoms with Gasteiger partial charge in [0.1, 0.15) is 5.75 Å².